The van der Waals surface area contributed by atoms with Crippen LogP contribution in [0.25, 0.3) is 11.3 Å². The van der Waals surface area contributed by atoms with E-state index in [1.807, 2.05) is 26.8 Å². The van der Waals surface area contributed by atoms with Crippen molar-refractivity contribution < 1.29 is 13.9 Å². The predicted octanol–water partition coefficient (Wildman–Crippen LogP) is 4.60. The zero-order chi connectivity index (χ0) is 18.2. The van der Waals surface area contributed by atoms with Gasteiger partial charge in [-0.05, 0) is 52.2 Å². The quantitative estimate of drug-likeness (QED) is 0.865. The molecule has 0 saturated carbocycles. The van der Waals surface area contributed by atoms with E-state index < -0.39 is 5.60 Å². The van der Waals surface area contributed by atoms with Crippen molar-refractivity contribution in [1.82, 2.24) is 14.9 Å². The second kappa shape index (κ2) is 6.50. The molecule has 134 valence electrons. The number of halogens is 1. The highest BCUT2D eigenvalue weighted by atomic mass is 19.1. The van der Waals surface area contributed by atoms with Crippen LogP contribution in [0.4, 0.5) is 9.18 Å². The molecule has 0 aliphatic carbocycles. The molecule has 1 aromatic carbocycles. The summed E-state index contributed by atoms with van der Waals surface area (Å²) in [5.41, 5.74) is 1.56. The Bertz CT molecular complexity index is 779. The summed E-state index contributed by atoms with van der Waals surface area (Å²) in [6.07, 6.45) is 3.09. The molecule has 1 amide bonds. The minimum Gasteiger partial charge on any atom is -0.444 e. The lowest BCUT2D eigenvalue weighted by atomic mass is 10.1. The maximum atomic E-state index is 13.8. The molecule has 2 aromatic rings. The molecule has 0 bridgehead atoms. The van der Waals surface area contributed by atoms with Gasteiger partial charge in [-0.2, -0.15) is 0 Å². The van der Waals surface area contributed by atoms with Crippen molar-refractivity contribution >= 4 is 6.09 Å². The molecule has 3 rings (SSSR count). The van der Waals surface area contributed by atoms with Crippen molar-refractivity contribution in [2.45, 2.75) is 52.2 Å². The van der Waals surface area contributed by atoms with Gasteiger partial charge in [0.25, 0.3) is 0 Å². The standard InChI is InChI=1S/C19H24FN3O2/c1-12-7-8-13(10-14(12)20)15-11-21-17(22-15)16-6-5-9-23(16)18(24)25-19(2,3)4/h7-8,10-11,16H,5-6,9H2,1-4H3,(H,21,22). The Morgan fingerprint density at radius 2 is 2.16 bits per heavy atom. The van der Waals surface area contributed by atoms with Crippen LogP contribution in [0.1, 0.15) is 51.0 Å². The average molecular weight is 345 g/mol. The summed E-state index contributed by atoms with van der Waals surface area (Å²) in [6, 6.07) is 4.95. The van der Waals surface area contributed by atoms with E-state index in [-0.39, 0.29) is 18.0 Å². The highest BCUT2D eigenvalue weighted by Crippen LogP contribution is 2.32. The first-order valence-corrected chi connectivity index (χ1v) is 8.55. The molecule has 1 fully saturated rings. The molecular weight excluding hydrogens is 321 g/mol. The topological polar surface area (TPSA) is 58.2 Å². The molecule has 1 N–H and O–H groups in total. The summed E-state index contributed by atoms with van der Waals surface area (Å²) >= 11 is 0. The van der Waals surface area contributed by atoms with Crippen LogP contribution in [-0.4, -0.2) is 33.1 Å². The number of carbonyl (C=O) groups excluding carboxylic acids is 1. The van der Waals surface area contributed by atoms with Crippen LogP contribution in [0.15, 0.2) is 24.4 Å². The van der Waals surface area contributed by atoms with Crippen molar-refractivity contribution in [3.8, 4) is 11.3 Å². The van der Waals surface area contributed by atoms with Gasteiger partial charge in [-0.1, -0.05) is 12.1 Å². The maximum absolute atomic E-state index is 13.8. The minimum absolute atomic E-state index is 0.140. The number of H-pyrrole nitrogens is 1. The summed E-state index contributed by atoms with van der Waals surface area (Å²) in [5, 5.41) is 0. The number of aryl methyl sites for hydroxylation is 1. The Morgan fingerprint density at radius 3 is 2.84 bits per heavy atom. The number of benzene rings is 1. The molecule has 1 saturated heterocycles. The number of carbonyl (C=O) groups is 1. The lowest BCUT2D eigenvalue weighted by molar-refractivity contribution is 0.0219. The Hall–Kier alpha value is -2.37. The number of rotatable bonds is 2. The van der Waals surface area contributed by atoms with Gasteiger partial charge in [0.15, 0.2) is 0 Å². The third-order valence-corrected chi connectivity index (χ3v) is 4.27. The van der Waals surface area contributed by atoms with Gasteiger partial charge in [0, 0.05) is 12.1 Å². The molecule has 2 heterocycles. The second-order valence-corrected chi connectivity index (χ2v) is 7.48. The average Bonchev–Trinajstić information content (AvgIpc) is 3.16. The summed E-state index contributed by atoms with van der Waals surface area (Å²) in [5.74, 6) is 0.462. The molecule has 1 aliphatic heterocycles. The number of ether oxygens (including phenoxy) is 1. The number of hydrogen-bond acceptors (Lipinski definition) is 3. The lowest BCUT2D eigenvalue weighted by Crippen LogP contribution is -2.36. The van der Waals surface area contributed by atoms with Crippen molar-refractivity contribution in [1.29, 1.82) is 0 Å². The van der Waals surface area contributed by atoms with E-state index in [0.717, 1.165) is 24.1 Å². The number of amides is 1. The Morgan fingerprint density at radius 1 is 1.40 bits per heavy atom. The van der Waals surface area contributed by atoms with E-state index in [0.29, 0.717) is 17.9 Å². The Kier molecular flexibility index (Phi) is 4.54. The number of imidazole rings is 1. The summed E-state index contributed by atoms with van der Waals surface area (Å²) in [7, 11) is 0. The van der Waals surface area contributed by atoms with Crippen LogP contribution in [-0.2, 0) is 4.74 Å². The zero-order valence-electron chi connectivity index (χ0n) is 15.1. The van der Waals surface area contributed by atoms with Gasteiger partial charge < -0.3 is 9.72 Å². The third-order valence-electron chi connectivity index (χ3n) is 4.27. The molecule has 6 heteroatoms. The molecule has 1 unspecified atom stereocenters. The largest absolute Gasteiger partial charge is 0.444 e. The second-order valence-electron chi connectivity index (χ2n) is 7.48. The highest BCUT2D eigenvalue weighted by Gasteiger charge is 2.34. The normalized spacial score (nSPS) is 17.8. The van der Waals surface area contributed by atoms with Crippen molar-refractivity contribution in [2.24, 2.45) is 0 Å². The fraction of sp³-hybridized carbons (Fsp3) is 0.474. The molecule has 1 atom stereocenters. The first-order chi connectivity index (χ1) is 11.7. The number of aromatic amines is 1. The van der Waals surface area contributed by atoms with Crippen LogP contribution in [0.2, 0.25) is 0 Å². The van der Waals surface area contributed by atoms with Gasteiger partial charge in [-0.15, -0.1) is 0 Å². The van der Waals surface area contributed by atoms with Gasteiger partial charge in [0.1, 0.15) is 17.2 Å². The van der Waals surface area contributed by atoms with E-state index in [1.54, 1.807) is 24.1 Å². The van der Waals surface area contributed by atoms with Gasteiger partial charge in [-0.3, -0.25) is 4.90 Å². The van der Waals surface area contributed by atoms with E-state index in [2.05, 4.69) is 9.97 Å². The monoisotopic (exact) mass is 345 g/mol. The lowest BCUT2D eigenvalue weighted by Gasteiger charge is -2.27. The molecule has 25 heavy (non-hydrogen) atoms. The van der Waals surface area contributed by atoms with E-state index in [1.165, 1.54) is 6.07 Å². The number of nitrogens with zero attached hydrogens (tertiary/aromatic N) is 2. The first-order valence-electron chi connectivity index (χ1n) is 8.55. The fourth-order valence-corrected chi connectivity index (χ4v) is 3.00. The number of hydrogen-bond donors (Lipinski definition) is 1. The van der Waals surface area contributed by atoms with Crippen molar-refractivity contribution in [3.63, 3.8) is 0 Å². The van der Waals surface area contributed by atoms with Gasteiger partial charge in [0.2, 0.25) is 0 Å². The molecule has 1 aromatic heterocycles. The van der Waals surface area contributed by atoms with Crippen LogP contribution < -0.4 is 0 Å². The van der Waals surface area contributed by atoms with Crippen LogP contribution >= 0.6 is 0 Å². The third kappa shape index (κ3) is 3.83. The van der Waals surface area contributed by atoms with E-state index in [4.69, 9.17) is 4.74 Å². The van der Waals surface area contributed by atoms with E-state index in [9.17, 15) is 9.18 Å². The maximum Gasteiger partial charge on any atom is 0.410 e. The molecule has 0 radical (unpaired) electrons. The first kappa shape index (κ1) is 17.5. The summed E-state index contributed by atoms with van der Waals surface area (Å²) < 4.78 is 19.3. The summed E-state index contributed by atoms with van der Waals surface area (Å²) in [4.78, 5) is 21.8. The minimum atomic E-state index is -0.530. The summed E-state index contributed by atoms with van der Waals surface area (Å²) in [6.45, 7) is 7.94. The molecule has 0 spiro atoms. The van der Waals surface area contributed by atoms with Crippen LogP contribution in [0.3, 0.4) is 0 Å². The SMILES string of the molecule is Cc1ccc(-c2cnc(C3CCCN3C(=O)OC(C)(C)C)[nH]2)cc1F. The molecule has 5 nitrogen and oxygen atoms in total. The van der Waals surface area contributed by atoms with Gasteiger partial charge in [-0.25, -0.2) is 14.2 Å². The Balaban J connectivity index is 1.81. The highest BCUT2D eigenvalue weighted by molar-refractivity contribution is 5.69. The van der Waals surface area contributed by atoms with Crippen LogP contribution in [0.5, 0.6) is 0 Å². The van der Waals surface area contributed by atoms with Gasteiger partial charge in [0.05, 0.1) is 17.9 Å². The Labute approximate surface area is 147 Å². The number of aromatic nitrogens is 2. The molecular formula is C19H24FN3O2. The van der Waals surface area contributed by atoms with Crippen molar-refractivity contribution in [3.05, 3.63) is 41.6 Å². The van der Waals surface area contributed by atoms with Crippen molar-refractivity contribution in [2.75, 3.05) is 6.54 Å². The smallest absolute Gasteiger partial charge is 0.410 e. The molecule has 1 aliphatic rings. The zero-order valence-corrected chi connectivity index (χ0v) is 15.1. The predicted molar refractivity (Wildman–Crippen MR) is 93.6 cm³/mol. The van der Waals surface area contributed by atoms with E-state index >= 15 is 0 Å². The van der Waals surface area contributed by atoms with Crippen LogP contribution in [0, 0.1) is 12.7 Å². The number of nitrogens with one attached hydrogen (secondary N) is 1. The fourth-order valence-electron chi connectivity index (χ4n) is 3.00. The van der Waals surface area contributed by atoms with Gasteiger partial charge >= 0.3 is 6.09 Å². The number of likely N-dealkylation sites (tertiary alicyclic amines) is 1.